The molecule has 3 fully saturated rings. The number of nitrogens with two attached hydrogens (primary N) is 2. The number of carboxylic acids is 2. The van der Waals surface area contributed by atoms with Gasteiger partial charge in [-0.2, -0.15) is 23.5 Å². The third-order valence-electron chi connectivity index (χ3n) is 14.3. The zero-order valence-electron chi connectivity index (χ0n) is 50.1. The molecule has 3 aliphatic rings. The van der Waals surface area contributed by atoms with Gasteiger partial charge in [0.25, 0.3) is 0 Å². The van der Waals surface area contributed by atoms with E-state index in [4.69, 9.17) is 11.5 Å². The average Bonchev–Trinajstić information content (AvgIpc) is 1.89. The zero-order valence-corrected chi connectivity index (χ0v) is 53.3. The minimum Gasteiger partial charge on any atom is -0.508 e. The maximum atomic E-state index is 14.8. The second-order valence-corrected chi connectivity index (χ2v) is 26.2. The van der Waals surface area contributed by atoms with Crippen LogP contribution < -0.4 is 70.0 Å². The first-order valence-corrected chi connectivity index (χ1v) is 33.7. The lowest BCUT2D eigenvalue weighted by Gasteiger charge is -2.30. The smallest absolute Gasteiger partial charge is 0.320 e. The third kappa shape index (κ3) is 25.3. The Bertz CT molecular complexity index is 2790. The zero-order chi connectivity index (χ0) is 67.5. The molecular weight excluding hydrogens is 1280 g/mol. The number of aliphatic hydroxyl groups excluding tert-OH is 1. The van der Waals surface area contributed by atoms with E-state index < -0.39 is 199 Å². The van der Waals surface area contributed by atoms with Crippen LogP contribution in [0.15, 0.2) is 24.3 Å². The van der Waals surface area contributed by atoms with Crippen LogP contribution in [0.2, 0.25) is 0 Å². The second-order valence-electron chi connectivity index (χ2n) is 21.4. The van der Waals surface area contributed by atoms with E-state index in [9.17, 15) is 92.3 Å². The second kappa shape index (κ2) is 38.4. The molecule has 0 radical (unpaired) electrons. The van der Waals surface area contributed by atoms with Gasteiger partial charge in [-0.25, -0.2) is 0 Å². The number of carboxylic acid groups (broad SMARTS) is 2. The number of nitrogens with zero attached hydrogens (tertiary/aromatic N) is 1. The van der Waals surface area contributed by atoms with Crippen LogP contribution in [0.25, 0.3) is 0 Å². The van der Waals surface area contributed by atoms with E-state index in [-0.39, 0.29) is 73.8 Å². The lowest BCUT2D eigenvalue weighted by atomic mass is 10.0. The van der Waals surface area contributed by atoms with Crippen molar-refractivity contribution >= 4 is 134 Å². The Hall–Kier alpha value is -7.45. The quantitative estimate of drug-likeness (QED) is 0.0309. The number of hydrogen-bond acceptors (Lipinski definition) is 23. The fourth-order valence-corrected chi connectivity index (χ4v) is 13.6. The summed E-state index contributed by atoms with van der Waals surface area (Å²) in [5.41, 5.74) is 12.3. The molecule has 4 rings (SSSR count). The summed E-state index contributed by atoms with van der Waals surface area (Å²) in [6.45, 7) is 1.80. The molecule has 2 bridgehead atoms. The maximum Gasteiger partial charge on any atom is 0.320 e. The van der Waals surface area contributed by atoms with Gasteiger partial charge in [-0.15, -0.1) is 0 Å². The van der Waals surface area contributed by atoms with Crippen LogP contribution in [0, 0.1) is 0 Å². The van der Waals surface area contributed by atoms with Gasteiger partial charge in [-0.1, -0.05) is 33.7 Å². The van der Waals surface area contributed by atoms with Crippen molar-refractivity contribution in [3.8, 4) is 5.75 Å². The topological polar surface area (TPSA) is 525 Å². The molecule has 91 heavy (non-hydrogen) atoms. The Morgan fingerprint density at radius 3 is 2.04 bits per heavy atom. The molecule has 12 amide bonds. The van der Waals surface area contributed by atoms with Crippen LogP contribution in [0.4, 0.5) is 0 Å². The van der Waals surface area contributed by atoms with E-state index in [0.717, 1.165) is 56.9 Å². The van der Waals surface area contributed by atoms with Crippen LogP contribution in [-0.2, 0) is 78.3 Å². The molecule has 0 saturated carbocycles. The first-order valence-electron chi connectivity index (χ1n) is 28.9. The molecular formula is C54H80N14O19S4. The van der Waals surface area contributed by atoms with Gasteiger partial charge >= 0.3 is 11.9 Å². The number of carbonyl (C=O) groups is 15. The molecule has 3 heterocycles. The lowest BCUT2D eigenvalue weighted by Crippen LogP contribution is -2.61. The Balaban J connectivity index is 1.91. The Kier molecular flexibility index (Phi) is 32.1. The number of aliphatic hydroxyl groups is 1. The lowest BCUT2D eigenvalue weighted by molar-refractivity contribution is -0.143. The van der Waals surface area contributed by atoms with Crippen molar-refractivity contribution < 1.29 is 92.3 Å². The van der Waals surface area contributed by atoms with E-state index in [0.29, 0.717) is 11.8 Å². The fourth-order valence-electron chi connectivity index (χ4n) is 9.26. The van der Waals surface area contributed by atoms with E-state index in [1.807, 2.05) is 0 Å². The largest absolute Gasteiger partial charge is 0.508 e. The normalized spacial score (nSPS) is 25.9. The molecule has 0 spiro atoms. The first-order chi connectivity index (χ1) is 43.1. The van der Waals surface area contributed by atoms with Crippen LogP contribution in [0.5, 0.6) is 5.75 Å². The monoisotopic (exact) mass is 1360 g/mol. The number of phenols is 1. The number of carbonyl (C=O) groups excluding carboxylic acids is 13. The number of rotatable bonds is 21. The number of amides is 12. The molecule has 33 nitrogen and oxygen atoms in total. The highest BCUT2D eigenvalue weighted by molar-refractivity contribution is 8.76. The Labute approximate surface area is 539 Å². The number of fused-ring (bicyclic) bond motifs is 9. The minimum atomic E-state index is -1.79. The van der Waals surface area contributed by atoms with Crippen molar-refractivity contribution in [1.29, 1.82) is 0 Å². The standard InChI is InChI=1S/C54H80N14O19S4/c1-26-43(75)64-38(50(82)67-42(27(2)70)52(84)58-15-17-69)25-91-90-24-37-49(81)60-31(12-13-41(73)74)45(77)62-34(20-28-8-10-29(71)11-9-28)47(79)66-36(23-88-18-5-6-33(57-3)54(86)87)48(80)61-32(14-19-89-22-30(55)44(76)65-37)46(78)63-35(21-40(56)72)53(85)68-16-4-7-39(68)51(83)59-26/h8-11,17,26-27,30-39,42,57,70-71H,4-7,12-16,18-25,55H2,1-3H3,(H2,56,72)(H,58,84)(H,59,83)(H,60,81)(H,61,80)(H,62,77)(H,63,78)(H,64,75)(H,65,76)(H,66,79)(H,67,82)(H,73,74)(H,86,87)/t26-,27+,30-,31-,32-,33-,34-,35-,36-,37-,38-,39-,42?/m0/s1. The van der Waals surface area contributed by atoms with Crippen molar-refractivity contribution in [2.24, 2.45) is 11.5 Å². The van der Waals surface area contributed by atoms with Crippen molar-refractivity contribution in [1.82, 2.24) is 63.4 Å². The van der Waals surface area contributed by atoms with E-state index in [1.165, 1.54) is 38.2 Å². The Morgan fingerprint density at radius 1 is 0.769 bits per heavy atom. The van der Waals surface area contributed by atoms with E-state index in [1.54, 1.807) is 0 Å². The number of aldehydes is 1. The highest BCUT2D eigenvalue weighted by atomic mass is 33.1. The molecule has 1 aromatic carbocycles. The number of thioether (sulfide) groups is 2. The van der Waals surface area contributed by atoms with Crippen LogP contribution in [0.1, 0.15) is 70.8 Å². The van der Waals surface area contributed by atoms with Crippen molar-refractivity contribution in [3.05, 3.63) is 29.8 Å². The summed E-state index contributed by atoms with van der Waals surface area (Å²) in [6, 6.07) is -13.2. The molecule has 504 valence electrons. The molecule has 0 aliphatic carbocycles. The summed E-state index contributed by atoms with van der Waals surface area (Å²) in [4.78, 5) is 205. The molecule has 0 aromatic heterocycles. The van der Waals surface area contributed by atoms with Gasteiger partial charge in [0.15, 0.2) is 0 Å². The van der Waals surface area contributed by atoms with Crippen LogP contribution in [-0.4, -0.2) is 248 Å². The summed E-state index contributed by atoms with van der Waals surface area (Å²) in [5, 5.41) is 67.4. The maximum absolute atomic E-state index is 14.8. The predicted octanol–water partition coefficient (Wildman–Crippen LogP) is -6.21. The highest BCUT2D eigenvalue weighted by Gasteiger charge is 2.41. The number of primary amides is 1. The summed E-state index contributed by atoms with van der Waals surface area (Å²) < 4.78 is 0. The number of aliphatic carboxylic acids is 2. The molecule has 37 heteroatoms. The van der Waals surface area contributed by atoms with Gasteiger partial charge in [-0.3, -0.25) is 67.1 Å². The third-order valence-corrected chi connectivity index (χ3v) is 19.0. The molecule has 1 unspecified atom stereocenters. The predicted molar refractivity (Wildman–Crippen MR) is 333 cm³/mol. The molecule has 3 saturated heterocycles. The summed E-state index contributed by atoms with van der Waals surface area (Å²) in [6.07, 6.45) is -3.39. The SMILES string of the molecule is CN[C@@H](CCCSC[C@@H]1NC(=O)[C@H](Cc2ccc(O)cc2)NC(=O)[C@H](CCC(=O)O)NC(=O)[C@@H]2CSSC[C@@H](C(=O)NC(C(=O)NCC=O)[C@@H](C)O)NC(=O)[C@H](C)NC(=O)[C@@H]3CCCN3C(=O)[C@H](CC(N)=O)NC(=O)[C@H](CCSC[C@H](N)C(=O)N2)NC1=O)C(=O)O. The molecule has 13 atom stereocenters. The van der Waals surface area contributed by atoms with Crippen LogP contribution in [0.3, 0.4) is 0 Å². The molecule has 3 aliphatic heterocycles. The van der Waals surface area contributed by atoms with Crippen molar-refractivity contribution in [3.63, 3.8) is 0 Å². The van der Waals surface area contributed by atoms with Gasteiger partial charge < -0.3 is 100 Å². The number of benzene rings is 1. The number of phenolic OH excluding ortho intramolecular Hbond substituents is 1. The van der Waals surface area contributed by atoms with Gasteiger partial charge in [-0.05, 0) is 88.6 Å². The summed E-state index contributed by atoms with van der Waals surface area (Å²) >= 11 is 2.09. The fraction of sp³-hybridized carbons (Fsp3) is 0.611. The summed E-state index contributed by atoms with van der Waals surface area (Å²) in [5.74, 6) is -16.2. The van der Waals surface area contributed by atoms with Gasteiger partial charge in [0.05, 0.1) is 25.1 Å². The number of nitrogens with one attached hydrogen (secondary N) is 11. The minimum absolute atomic E-state index is 0.0204. The summed E-state index contributed by atoms with van der Waals surface area (Å²) in [7, 11) is 3.11. The van der Waals surface area contributed by atoms with E-state index in [2.05, 4.69) is 58.5 Å². The average molecular weight is 1360 g/mol. The number of likely N-dealkylation sites (N-methyl/N-ethyl adjacent to an activating group) is 1. The number of hydrogen-bond donors (Lipinski definition) is 17. The molecule has 19 N–H and O–H groups in total. The van der Waals surface area contributed by atoms with Gasteiger partial charge in [0, 0.05) is 42.4 Å². The van der Waals surface area contributed by atoms with E-state index >= 15 is 0 Å². The Morgan fingerprint density at radius 2 is 1.40 bits per heavy atom. The van der Waals surface area contributed by atoms with Crippen LogP contribution >= 0.6 is 45.1 Å². The van der Waals surface area contributed by atoms with Crippen molar-refractivity contribution in [2.75, 3.05) is 54.7 Å². The first kappa shape index (κ1) is 76.0. The number of aromatic hydroxyl groups is 1. The van der Waals surface area contributed by atoms with Gasteiger partial charge in [0.2, 0.25) is 70.9 Å². The van der Waals surface area contributed by atoms with Crippen molar-refractivity contribution in [2.45, 2.75) is 150 Å². The molecule has 1 aromatic rings. The highest BCUT2D eigenvalue weighted by Crippen LogP contribution is 2.25. The van der Waals surface area contributed by atoms with Gasteiger partial charge in [0.1, 0.15) is 78.5 Å².